The summed E-state index contributed by atoms with van der Waals surface area (Å²) in [5.74, 6) is 1.18. The van der Waals surface area contributed by atoms with Gasteiger partial charge in [0.2, 0.25) is 5.91 Å². The van der Waals surface area contributed by atoms with Crippen molar-refractivity contribution in [3.63, 3.8) is 0 Å². The smallest absolute Gasteiger partial charge is 0.254 e. The van der Waals surface area contributed by atoms with Crippen LogP contribution in [0.4, 0.5) is 0 Å². The molecular weight excluding hydrogens is 430 g/mol. The summed E-state index contributed by atoms with van der Waals surface area (Å²) in [4.78, 5) is 33.5. The molecule has 0 unspecified atom stereocenters. The SMILES string of the molecule is CCCOc1ccc([C@H]2CN3C(=O)CN(C)C(=O)[C@]3(C)c3[nH]c4ccccc4c32)cc1OCC. The number of H-pyrrole nitrogens is 1. The minimum absolute atomic E-state index is 0.0492. The summed E-state index contributed by atoms with van der Waals surface area (Å²) >= 11 is 0. The number of hydrogen-bond acceptors (Lipinski definition) is 4. The molecule has 0 saturated carbocycles. The van der Waals surface area contributed by atoms with Crippen molar-refractivity contribution in [3.05, 3.63) is 59.3 Å². The number of benzene rings is 2. The Kier molecular flexibility index (Phi) is 5.50. The van der Waals surface area contributed by atoms with Gasteiger partial charge in [0.05, 0.1) is 25.5 Å². The highest BCUT2D eigenvalue weighted by molar-refractivity contribution is 6.01. The number of carbonyl (C=O) groups excluding carboxylic acids is 2. The highest BCUT2D eigenvalue weighted by Crippen LogP contribution is 2.48. The first kappa shape index (κ1) is 22.3. The van der Waals surface area contributed by atoms with E-state index >= 15 is 0 Å². The van der Waals surface area contributed by atoms with Gasteiger partial charge in [-0.2, -0.15) is 0 Å². The van der Waals surface area contributed by atoms with E-state index in [1.54, 1.807) is 11.9 Å². The summed E-state index contributed by atoms with van der Waals surface area (Å²) in [6.45, 7) is 7.54. The Morgan fingerprint density at radius 3 is 2.65 bits per heavy atom. The third kappa shape index (κ3) is 3.25. The van der Waals surface area contributed by atoms with Gasteiger partial charge in [-0.1, -0.05) is 31.2 Å². The number of para-hydroxylation sites is 1. The van der Waals surface area contributed by atoms with E-state index in [1.807, 2.05) is 44.2 Å². The van der Waals surface area contributed by atoms with Crippen molar-refractivity contribution in [2.45, 2.75) is 38.6 Å². The Labute approximate surface area is 199 Å². The van der Waals surface area contributed by atoms with Crippen LogP contribution in [-0.4, -0.2) is 59.9 Å². The van der Waals surface area contributed by atoms with E-state index < -0.39 is 5.54 Å². The number of fused-ring (bicyclic) bond motifs is 5. The molecule has 1 aromatic heterocycles. The van der Waals surface area contributed by atoms with Crippen molar-refractivity contribution < 1.29 is 19.1 Å². The molecule has 0 aliphatic carbocycles. The van der Waals surface area contributed by atoms with Gasteiger partial charge in [0.15, 0.2) is 17.0 Å². The molecule has 0 radical (unpaired) electrons. The van der Waals surface area contributed by atoms with Crippen LogP contribution in [-0.2, 0) is 15.1 Å². The fourth-order valence-electron chi connectivity index (χ4n) is 5.42. The van der Waals surface area contributed by atoms with Crippen LogP contribution in [0.3, 0.4) is 0 Å². The lowest BCUT2D eigenvalue weighted by Gasteiger charge is -2.50. The number of piperazine rings is 1. The molecule has 0 bridgehead atoms. The molecule has 1 N–H and O–H groups in total. The average molecular weight is 462 g/mol. The van der Waals surface area contributed by atoms with Crippen LogP contribution >= 0.6 is 0 Å². The Morgan fingerprint density at radius 1 is 1.09 bits per heavy atom. The largest absolute Gasteiger partial charge is 0.490 e. The van der Waals surface area contributed by atoms with Gasteiger partial charge < -0.3 is 24.3 Å². The number of hydrogen-bond donors (Lipinski definition) is 1. The number of nitrogens with zero attached hydrogens (tertiary/aromatic N) is 2. The van der Waals surface area contributed by atoms with E-state index in [9.17, 15) is 9.59 Å². The number of nitrogens with one attached hydrogen (secondary N) is 1. The van der Waals surface area contributed by atoms with Gasteiger partial charge in [0.1, 0.15) is 0 Å². The number of aromatic nitrogens is 1. The third-order valence-corrected chi connectivity index (χ3v) is 7.05. The average Bonchev–Trinajstić information content (AvgIpc) is 3.23. The number of ether oxygens (including phenoxy) is 2. The van der Waals surface area contributed by atoms with Crippen molar-refractivity contribution >= 4 is 22.7 Å². The van der Waals surface area contributed by atoms with E-state index in [0.717, 1.165) is 39.9 Å². The van der Waals surface area contributed by atoms with E-state index in [4.69, 9.17) is 9.47 Å². The Bertz CT molecular complexity index is 1270. The molecular formula is C27H31N3O4. The Hall–Kier alpha value is -3.48. The van der Waals surface area contributed by atoms with Gasteiger partial charge in [-0.3, -0.25) is 9.59 Å². The predicted octanol–water partition coefficient (Wildman–Crippen LogP) is 4.02. The fourth-order valence-corrected chi connectivity index (χ4v) is 5.42. The summed E-state index contributed by atoms with van der Waals surface area (Å²) in [5, 5.41) is 1.07. The summed E-state index contributed by atoms with van der Waals surface area (Å²) in [5.41, 5.74) is 2.78. The van der Waals surface area contributed by atoms with Gasteiger partial charge in [-0.15, -0.1) is 0 Å². The molecule has 34 heavy (non-hydrogen) atoms. The van der Waals surface area contributed by atoms with E-state index in [0.29, 0.717) is 25.5 Å². The summed E-state index contributed by atoms with van der Waals surface area (Å²) in [6.07, 6.45) is 0.909. The molecule has 7 nitrogen and oxygen atoms in total. The maximum absolute atomic E-state index is 13.5. The molecule has 3 heterocycles. The number of rotatable bonds is 6. The maximum atomic E-state index is 13.5. The standard InChI is InChI=1S/C27H31N3O4/c1-5-13-34-21-12-11-17(14-22(21)33-6-2)19-15-30-23(31)16-29(4)26(32)27(30,3)25-24(19)18-9-7-8-10-20(18)28-25/h7-12,14,19,28H,5-6,13,15-16H2,1-4H3/t19-,27+/m1/s1. The van der Waals surface area contributed by atoms with Crippen molar-refractivity contribution in [1.29, 1.82) is 0 Å². The molecule has 178 valence electrons. The maximum Gasteiger partial charge on any atom is 0.254 e. The lowest BCUT2D eigenvalue weighted by Crippen LogP contribution is -2.66. The molecule has 2 aliphatic rings. The second kappa shape index (κ2) is 8.38. The molecule has 7 heteroatoms. The van der Waals surface area contributed by atoms with E-state index in [1.165, 1.54) is 4.90 Å². The second-order valence-electron chi connectivity index (χ2n) is 9.24. The molecule has 2 amide bonds. The monoisotopic (exact) mass is 461 g/mol. The number of aromatic amines is 1. The van der Waals surface area contributed by atoms with Crippen LogP contribution in [0.2, 0.25) is 0 Å². The van der Waals surface area contributed by atoms with Crippen LogP contribution in [0.5, 0.6) is 11.5 Å². The molecule has 0 spiro atoms. The zero-order chi connectivity index (χ0) is 24.0. The lowest BCUT2D eigenvalue weighted by atomic mass is 9.76. The number of likely N-dealkylation sites (N-methyl/N-ethyl adjacent to an activating group) is 1. The first-order valence-electron chi connectivity index (χ1n) is 12.0. The topological polar surface area (TPSA) is 74.9 Å². The second-order valence-corrected chi connectivity index (χ2v) is 9.24. The van der Waals surface area contributed by atoms with Crippen LogP contribution < -0.4 is 9.47 Å². The van der Waals surface area contributed by atoms with E-state index in [-0.39, 0.29) is 24.3 Å². The molecule has 5 rings (SSSR count). The quantitative estimate of drug-likeness (QED) is 0.602. The molecule has 1 fully saturated rings. The first-order valence-corrected chi connectivity index (χ1v) is 12.0. The Morgan fingerprint density at radius 2 is 1.88 bits per heavy atom. The normalized spacial score (nSPS) is 22.1. The van der Waals surface area contributed by atoms with Crippen molar-refractivity contribution in [3.8, 4) is 11.5 Å². The summed E-state index contributed by atoms with van der Waals surface area (Å²) in [7, 11) is 1.70. The zero-order valence-corrected chi connectivity index (χ0v) is 20.2. The molecule has 2 atom stereocenters. The molecule has 3 aromatic rings. The highest BCUT2D eigenvalue weighted by Gasteiger charge is 2.55. The highest BCUT2D eigenvalue weighted by atomic mass is 16.5. The first-order chi connectivity index (χ1) is 16.4. The van der Waals surface area contributed by atoms with Gasteiger partial charge in [0.25, 0.3) is 5.91 Å². The molecule has 2 aromatic carbocycles. The van der Waals surface area contributed by atoms with Crippen LogP contribution in [0, 0.1) is 0 Å². The van der Waals surface area contributed by atoms with Crippen LogP contribution in [0.15, 0.2) is 42.5 Å². The summed E-state index contributed by atoms with van der Waals surface area (Å²) < 4.78 is 11.8. The fraction of sp³-hybridized carbons (Fsp3) is 0.407. The van der Waals surface area contributed by atoms with Gasteiger partial charge >= 0.3 is 0 Å². The Balaban J connectivity index is 1.70. The van der Waals surface area contributed by atoms with Gasteiger partial charge in [0, 0.05) is 30.4 Å². The third-order valence-electron chi connectivity index (χ3n) is 7.05. The van der Waals surface area contributed by atoms with Crippen LogP contribution in [0.1, 0.15) is 49.9 Å². The van der Waals surface area contributed by atoms with Crippen LogP contribution in [0.25, 0.3) is 10.9 Å². The number of amides is 2. The van der Waals surface area contributed by atoms with Crippen molar-refractivity contribution in [1.82, 2.24) is 14.8 Å². The van der Waals surface area contributed by atoms with Crippen molar-refractivity contribution in [2.75, 3.05) is 33.4 Å². The number of carbonyl (C=O) groups is 2. The minimum atomic E-state index is -1.07. The zero-order valence-electron chi connectivity index (χ0n) is 20.2. The molecule has 2 aliphatic heterocycles. The predicted molar refractivity (Wildman–Crippen MR) is 130 cm³/mol. The van der Waals surface area contributed by atoms with Gasteiger partial charge in [-0.25, -0.2) is 0 Å². The van der Waals surface area contributed by atoms with Gasteiger partial charge in [-0.05, 0) is 49.6 Å². The molecule has 1 saturated heterocycles. The van der Waals surface area contributed by atoms with Crippen molar-refractivity contribution in [2.24, 2.45) is 0 Å². The minimum Gasteiger partial charge on any atom is -0.490 e. The van der Waals surface area contributed by atoms with E-state index in [2.05, 4.69) is 24.0 Å². The lowest BCUT2D eigenvalue weighted by molar-refractivity contribution is -0.164. The summed E-state index contributed by atoms with van der Waals surface area (Å²) in [6, 6.07) is 14.1.